The zero-order valence-corrected chi connectivity index (χ0v) is 18.2. The molecule has 1 aromatic rings. The highest BCUT2D eigenvalue weighted by Crippen LogP contribution is 2.33. The van der Waals surface area contributed by atoms with Crippen LogP contribution in [0, 0.1) is 5.92 Å². The number of alkyl halides is 2. The first-order valence-electron chi connectivity index (χ1n) is 9.88. The molecule has 0 bridgehead atoms. The number of nitrogens with zero attached hydrogens (tertiary/aromatic N) is 2. The highest BCUT2D eigenvalue weighted by atomic mass is 35.5. The van der Waals surface area contributed by atoms with E-state index in [9.17, 15) is 31.9 Å². The van der Waals surface area contributed by atoms with Crippen molar-refractivity contribution in [1.29, 1.82) is 0 Å². The van der Waals surface area contributed by atoms with Gasteiger partial charge in [-0.1, -0.05) is 11.6 Å². The normalized spacial score (nSPS) is 22.8. The van der Waals surface area contributed by atoms with Crippen molar-refractivity contribution in [2.24, 2.45) is 5.92 Å². The Labute approximate surface area is 184 Å². The maximum Gasteiger partial charge on any atom is 0.251 e. The Morgan fingerprint density at radius 1 is 1.26 bits per heavy atom. The van der Waals surface area contributed by atoms with Crippen molar-refractivity contribution in [3.8, 4) is 0 Å². The minimum atomic E-state index is -4.31. The van der Waals surface area contributed by atoms with Crippen molar-refractivity contribution in [1.82, 2.24) is 14.5 Å². The van der Waals surface area contributed by atoms with E-state index in [-0.39, 0.29) is 37.0 Å². The van der Waals surface area contributed by atoms with Gasteiger partial charge in [0, 0.05) is 44.0 Å². The number of halogens is 3. The summed E-state index contributed by atoms with van der Waals surface area (Å²) in [6, 6.07) is 3.67. The van der Waals surface area contributed by atoms with Gasteiger partial charge in [-0.15, -0.1) is 0 Å². The summed E-state index contributed by atoms with van der Waals surface area (Å²) >= 11 is 5.84. The summed E-state index contributed by atoms with van der Waals surface area (Å²) in [4.78, 5) is 24.6. The molecule has 0 aliphatic carbocycles. The number of hydrogen-bond donors (Lipinski definition) is 1. The number of carbonyl (C=O) groups excluding carboxylic acids is 2. The summed E-state index contributed by atoms with van der Waals surface area (Å²) in [5, 5.41) is 13.7. The average Bonchev–Trinajstić information content (AvgIpc) is 2.84. The summed E-state index contributed by atoms with van der Waals surface area (Å²) in [5.41, 5.74) is 0. The van der Waals surface area contributed by atoms with E-state index >= 15 is 0 Å². The number of piperidine rings is 1. The maximum absolute atomic E-state index is 14.3. The lowest BCUT2D eigenvalue weighted by Gasteiger charge is -2.37. The van der Waals surface area contributed by atoms with Gasteiger partial charge < -0.3 is 20.1 Å². The molecule has 12 heteroatoms. The molecule has 2 saturated heterocycles. The third-order valence-electron chi connectivity index (χ3n) is 5.66. The lowest BCUT2D eigenvalue weighted by atomic mass is 9.96. The minimum Gasteiger partial charge on any atom is -0.530 e. The van der Waals surface area contributed by atoms with E-state index in [0.29, 0.717) is 17.9 Å². The van der Waals surface area contributed by atoms with Crippen LogP contribution >= 0.6 is 11.6 Å². The molecule has 31 heavy (non-hydrogen) atoms. The zero-order valence-electron chi connectivity index (χ0n) is 16.6. The highest BCUT2D eigenvalue weighted by Gasteiger charge is 2.45. The van der Waals surface area contributed by atoms with Gasteiger partial charge in [-0.25, -0.2) is 17.2 Å². The molecule has 0 unspecified atom stereocenters. The maximum atomic E-state index is 14.3. The number of carboxylic acid groups (broad SMARTS) is 1. The molecule has 3 rings (SSSR count). The fourth-order valence-electron chi connectivity index (χ4n) is 3.88. The molecule has 8 nitrogen and oxygen atoms in total. The zero-order chi connectivity index (χ0) is 22.8. The number of likely N-dealkylation sites (tertiary alicyclic amines) is 1. The first kappa shape index (κ1) is 23.7. The van der Waals surface area contributed by atoms with Crippen LogP contribution in [0.15, 0.2) is 29.2 Å². The Morgan fingerprint density at radius 3 is 2.45 bits per heavy atom. The third-order valence-corrected chi connectivity index (χ3v) is 7.80. The van der Waals surface area contributed by atoms with Gasteiger partial charge in [0.25, 0.3) is 5.92 Å². The molecular formula is C19H23ClF2N3O5S-. The van der Waals surface area contributed by atoms with Gasteiger partial charge in [-0.3, -0.25) is 4.79 Å². The topological polar surface area (TPSA) is 110 Å². The van der Waals surface area contributed by atoms with Crippen LogP contribution in [0.5, 0.6) is 0 Å². The summed E-state index contributed by atoms with van der Waals surface area (Å²) < 4.78 is 56.2. The van der Waals surface area contributed by atoms with Crippen LogP contribution < -0.4 is 10.4 Å². The van der Waals surface area contributed by atoms with Crippen LogP contribution in [0.2, 0.25) is 5.02 Å². The van der Waals surface area contributed by atoms with Gasteiger partial charge in [0.2, 0.25) is 15.9 Å². The van der Waals surface area contributed by atoms with Crippen LogP contribution in [-0.4, -0.2) is 67.8 Å². The first-order valence-corrected chi connectivity index (χ1v) is 11.7. The number of amides is 2. The Bertz CT molecular complexity index is 921. The first-order chi connectivity index (χ1) is 14.5. The van der Waals surface area contributed by atoms with Gasteiger partial charge in [0.1, 0.15) is 12.1 Å². The summed E-state index contributed by atoms with van der Waals surface area (Å²) in [6.45, 7) is -0.134. The molecular weight excluding hydrogens is 456 g/mol. The molecule has 0 aromatic heterocycles. The molecule has 0 spiro atoms. The Balaban J connectivity index is 1.92. The largest absolute Gasteiger partial charge is 0.530 e. The van der Waals surface area contributed by atoms with Crippen LogP contribution in [0.3, 0.4) is 0 Å². The summed E-state index contributed by atoms with van der Waals surface area (Å²) in [6.07, 6.45) is -2.17. The standard InChI is InChI=1S/C19H24ClF2N3O5S/c20-14-1-3-15(4-2-14)31(29,30)25(12-13-5-9-24(10-6-13)18(27)28)16-11-19(21,22)7-8-23-17(16)26/h1-4,13,16H,5-12H2,(H,23,26)(H,27,28)/p-1/t16-/m1/s1. The van der Waals surface area contributed by atoms with E-state index in [4.69, 9.17) is 11.6 Å². The molecule has 2 aliphatic rings. The van der Waals surface area contributed by atoms with E-state index in [2.05, 4.69) is 5.32 Å². The molecule has 2 fully saturated rings. The number of rotatable bonds is 5. The molecule has 1 atom stereocenters. The Hall–Kier alpha value is -1.98. The molecule has 0 saturated carbocycles. The van der Waals surface area contributed by atoms with Gasteiger partial charge in [-0.2, -0.15) is 4.31 Å². The number of benzene rings is 1. The van der Waals surface area contributed by atoms with E-state index in [0.717, 1.165) is 9.21 Å². The van der Waals surface area contributed by atoms with Gasteiger partial charge in [0.05, 0.1) is 4.90 Å². The van der Waals surface area contributed by atoms with E-state index in [1.54, 1.807) is 0 Å². The van der Waals surface area contributed by atoms with Crippen molar-refractivity contribution in [2.45, 2.75) is 42.5 Å². The lowest BCUT2D eigenvalue weighted by molar-refractivity contribution is -0.266. The van der Waals surface area contributed by atoms with Crippen molar-refractivity contribution < 1.29 is 31.9 Å². The summed E-state index contributed by atoms with van der Waals surface area (Å²) in [7, 11) is -4.31. The van der Waals surface area contributed by atoms with E-state index in [1.807, 2.05) is 0 Å². The fraction of sp³-hybridized carbons (Fsp3) is 0.579. The monoisotopic (exact) mass is 478 g/mol. The SMILES string of the molecule is O=C1NCCC(F)(F)C[C@H]1N(CC1CCN(C(=O)[O-])CC1)S(=O)(=O)c1ccc(Cl)cc1. The van der Waals surface area contributed by atoms with Crippen LogP contribution in [0.4, 0.5) is 13.6 Å². The van der Waals surface area contributed by atoms with E-state index < -0.39 is 46.8 Å². The molecule has 2 aliphatic heterocycles. The molecule has 1 N–H and O–H groups in total. The molecule has 1 aromatic carbocycles. The molecule has 2 amide bonds. The van der Waals surface area contributed by atoms with Crippen molar-refractivity contribution >= 4 is 33.6 Å². The molecule has 0 radical (unpaired) electrons. The van der Waals surface area contributed by atoms with Gasteiger partial charge in [0.15, 0.2) is 0 Å². The highest BCUT2D eigenvalue weighted by molar-refractivity contribution is 7.89. The van der Waals surface area contributed by atoms with Gasteiger partial charge >= 0.3 is 0 Å². The number of hydrogen-bond acceptors (Lipinski definition) is 5. The molecule has 2 heterocycles. The predicted octanol–water partition coefficient (Wildman–Crippen LogP) is 1.30. The average molecular weight is 479 g/mol. The Kier molecular flexibility index (Phi) is 7.07. The Morgan fingerprint density at radius 2 is 1.87 bits per heavy atom. The predicted molar refractivity (Wildman–Crippen MR) is 106 cm³/mol. The minimum absolute atomic E-state index is 0.148. The lowest BCUT2D eigenvalue weighted by Crippen LogP contribution is -2.53. The third kappa shape index (κ3) is 5.64. The molecule has 172 valence electrons. The quantitative estimate of drug-likeness (QED) is 0.686. The number of sulfonamides is 1. The van der Waals surface area contributed by atoms with Crippen molar-refractivity contribution in [3.05, 3.63) is 29.3 Å². The van der Waals surface area contributed by atoms with E-state index in [1.165, 1.54) is 24.3 Å². The van der Waals surface area contributed by atoms with Crippen LogP contribution in [0.25, 0.3) is 0 Å². The fourth-order valence-corrected chi connectivity index (χ4v) is 5.67. The smallest absolute Gasteiger partial charge is 0.251 e. The summed E-state index contributed by atoms with van der Waals surface area (Å²) in [5.74, 6) is -4.29. The van der Waals surface area contributed by atoms with Gasteiger partial charge in [-0.05, 0) is 43.0 Å². The number of nitrogens with one attached hydrogen (secondary N) is 1. The van der Waals surface area contributed by atoms with Crippen molar-refractivity contribution in [3.63, 3.8) is 0 Å². The van der Waals surface area contributed by atoms with Crippen LogP contribution in [0.1, 0.15) is 25.7 Å². The second-order valence-electron chi connectivity index (χ2n) is 7.84. The second kappa shape index (κ2) is 9.25. The second-order valence-corrected chi connectivity index (χ2v) is 10.2. The number of carbonyl (C=O) groups is 2. The van der Waals surface area contributed by atoms with Crippen molar-refractivity contribution in [2.75, 3.05) is 26.2 Å². The van der Waals surface area contributed by atoms with Crippen LogP contribution in [-0.2, 0) is 14.8 Å².